The number of aliphatic carboxylic acids is 1. The summed E-state index contributed by atoms with van der Waals surface area (Å²) in [6, 6.07) is 4.53. The Bertz CT molecular complexity index is 740. The zero-order valence-corrected chi connectivity index (χ0v) is 13.6. The largest absolute Gasteiger partial charge is 0.481 e. The molecule has 22 heavy (non-hydrogen) atoms. The third kappa shape index (κ3) is 2.99. The van der Waals surface area contributed by atoms with Gasteiger partial charge in [-0.05, 0) is 38.0 Å². The van der Waals surface area contributed by atoms with Crippen LogP contribution in [-0.4, -0.2) is 49.6 Å². The van der Waals surface area contributed by atoms with Crippen molar-refractivity contribution in [3.8, 4) is 0 Å². The first-order valence-electron chi connectivity index (χ1n) is 6.88. The molecular weight excluding hydrogens is 306 g/mol. The van der Waals surface area contributed by atoms with Gasteiger partial charge in [-0.2, -0.15) is 0 Å². The molecule has 1 aliphatic heterocycles. The fourth-order valence-electron chi connectivity index (χ4n) is 2.62. The van der Waals surface area contributed by atoms with Crippen LogP contribution in [0.3, 0.4) is 0 Å². The van der Waals surface area contributed by atoms with Crippen LogP contribution >= 0.6 is 0 Å². The van der Waals surface area contributed by atoms with Gasteiger partial charge in [-0.3, -0.25) is 9.59 Å². The van der Waals surface area contributed by atoms with Crippen LogP contribution in [0.1, 0.15) is 29.3 Å². The molecule has 1 atom stereocenters. The predicted molar refractivity (Wildman–Crippen MR) is 80.6 cm³/mol. The normalized spacial score (nSPS) is 21.9. The van der Waals surface area contributed by atoms with E-state index < -0.39 is 21.2 Å². The number of sulfone groups is 1. The van der Waals surface area contributed by atoms with Crippen LogP contribution in [0.2, 0.25) is 0 Å². The SMILES string of the molecule is Cc1ccc(C(=O)N2CC[C@@](C)(C(=O)O)C2)cc1S(C)(=O)=O. The van der Waals surface area contributed by atoms with Crippen molar-refractivity contribution in [2.24, 2.45) is 5.41 Å². The van der Waals surface area contributed by atoms with Gasteiger partial charge in [-0.1, -0.05) is 6.07 Å². The van der Waals surface area contributed by atoms with Crippen LogP contribution in [0.15, 0.2) is 23.1 Å². The number of benzene rings is 1. The number of rotatable bonds is 3. The summed E-state index contributed by atoms with van der Waals surface area (Å²) in [5.74, 6) is -1.27. The minimum atomic E-state index is -3.41. The zero-order valence-electron chi connectivity index (χ0n) is 12.8. The van der Waals surface area contributed by atoms with E-state index in [9.17, 15) is 23.1 Å². The topological polar surface area (TPSA) is 91.8 Å². The van der Waals surface area contributed by atoms with E-state index in [1.807, 2.05) is 0 Å². The number of nitrogens with zero attached hydrogens (tertiary/aromatic N) is 1. The Labute approximate surface area is 129 Å². The molecule has 0 unspecified atom stereocenters. The van der Waals surface area contributed by atoms with E-state index >= 15 is 0 Å². The second kappa shape index (κ2) is 5.39. The Morgan fingerprint density at radius 3 is 2.45 bits per heavy atom. The number of carboxylic acids is 1. The molecule has 1 aromatic rings. The average molecular weight is 325 g/mol. The van der Waals surface area contributed by atoms with Crippen molar-refractivity contribution in [2.45, 2.75) is 25.2 Å². The molecular formula is C15H19NO5S. The Morgan fingerprint density at radius 1 is 1.32 bits per heavy atom. The smallest absolute Gasteiger partial charge is 0.311 e. The molecule has 1 N–H and O–H groups in total. The fourth-order valence-corrected chi connectivity index (χ4v) is 3.62. The molecule has 0 aromatic heterocycles. The van der Waals surface area contributed by atoms with Gasteiger partial charge in [0, 0.05) is 24.9 Å². The third-order valence-electron chi connectivity index (χ3n) is 4.11. The van der Waals surface area contributed by atoms with Gasteiger partial charge in [0.05, 0.1) is 10.3 Å². The molecule has 0 radical (unpaired) electrons. The maximum atomic E-state index is 12.5. The van der Waals surface area contributed by atoms with E-state index in [0.717, 1.165) is 6.26 Å². The van der Waals surface area contributed by atoms with Crippen molar-refractivity contribution in [1.82, 2.24) is 4.90 Å². The minimum Gasteiger partial charge on any atom is -0.481 e. The number of carbonyl (C=O) groups excluding carboxylic acids is 1. The summed E-state index contributed by atoms with van der Waals surface area (Å²) in [7, 11) is -3.41. The van der Waals surface area contributed by atoms with E-state index in [1.165, 1.54) is 11.0 Å². The molecule has 1 fully saturated rings. The lowest BCUT2D eigenvalue weighted by Gasteiger charge is -2.20. The summed E-state index contributed by atoms with van der Waals surface area (Å²) in [5, 5.41) is 9.21. The zero-order chi connectivity index (χ0) is 16.7. The van der Waals surface area contributed by atoms with Crippen molar-refractivity contribution in [3.05, 3.63) is 29.3 Å². The molecule has 0 aliphatic carbocycles. The molecule has 0 bridgehead atoms. The molecule has 0 saturated carbocycles. The fraction of sp³-hybridized carbons (Fsp3) is 0.467. The Hall–Kier alpha value is -1.89. The van der Waals surface area contributed by atoms with Gasteiger partial charge in [0.15, 0.2) is 9.84 Å². The van der Waals surface area contributed by atoms with E-state index in [-0.39, 0.29) is 22.9 Å². The molecule has 6 nitrogen and oxygen atoms in total. The Morgan fingerprint density at radius 2 is 1.95 bits per heavy atom. The van der Waals surface area contributed by atoms with E-state index in [2.05, 4.69) is 0 Å². The number of carboxylic acid groups (broad SMARTS) is 1. The lowest BCUT2D eigenvalue weighted by Crippen LogP contribution is -2.34. The van der Waals surface area contributed by atoms with E-state index in [1.54, 1.807) is 26.0 Å². The van der Waals surface area contributed by atoms with Crippen LogP contribution in [0.25, 0.3) is 0 Å². The summed E-state index contributed by atoms with van der Waals surface area (Å²) in [6.45, 7) is 3.76. The number of hydrogen-bond donors (Lipinski definition) is 1. The molecule has 1 saturated heterocycles. The van der Waals surface area contributed by atoms with Crippen molar-refractivity contribution < 1.29 is 23.1 Å². The highest BCUT2D eigenvalue weighted by molar-refractivity contribution is 7.90. The van der Waals surface area contributed by atoms with Crippen LogP contribution in [0.5, 0.6) is 0 Å². The number of hydrogen-bond acceptors (Lipinski definition) is 4. The summed E-state index contributed by atoms with van der Waals surface area (Å²) in [6.07, 6.45) is 1.49. The molecule has 7 heteroatoms. The highest BCUT2D eigenvalue weighted by atomic mass is 32.2. The van der Waals surface area contributed by atoms with Crippen LogP contribution < -0.4 is 0 Å². The first-order chi connectivity index (χ1) is 10.0. The highest BCUT2D eigenvalue weighted by Gasteiger charge is 2.42. The lowest BCUT2D eigenvalue weighted by atomic mass is 9.90. The van der Waals surface area contributed by atoms with E-state index in [4.69, 9.17) is 0 Å². The van der Waals surface area contributed by atoms with Gasteiger partial charge in [-0.15, -0.1) is 0 Å². The molecule has 2 rings (SSSR count). The molecule has 1 heterocycles. The molecule has 0 spiro atoms. The van der Waals surface area contributed by atoms with Crippen LogP contribution in [0.4, 0.5) is 0 Å². The number of amides is 1. The summed E-state index contributed by atoms with van der Waals surface area (Å²) in [5.41, 5.74) is -0.100. The standard InChI is InChI=1S/C15H19NO5S/c1-10-4-5-11(8-12(10)22(3,20)21)13(17)16-7-6-15(2,9-16)14(18)19/h4-5,8H,6-7,9H2,1-3H3,(H,18,19)/t15-/m1/s1. The number of aryl methyl sites for hydroxylation is 1. The summed E-state index contributed by atoms with van der Waals surface area (Å²) in [4.78, 5) is 25.3. The monoisotopic (exact) mass is 325 g/mol. The quantitative estimate of drug-likeness (QED) is 0.905. The van der Waals surface area contributed by atoms with Gasteiger partial charge < -0.3 is 10.0 Å². The van der Waals surface area contributed by atoms with Gasteiger partial charge in [0.1, 0.15) is 0 Å². The van der Waals surface area contributed by atoms with Crippen molar-refractivity contribution in [1.29, 1.82) is 0 Å². The van der Waals surface area contributed by atoms with Gasteiger partial charge in [-0.25, -0.2) is 8.42 Å². The first kappa shape index (κ1) is 16.5. The van der Waals surface area contributed by atoms with Crippen molar-refractivity contribution in [3.63, 3.8) is 0 Å². The molecule has 1 aromatic carbocycles. The molecule has 1 aliphatic rings. The third-order valence-corrected chi connectivity index (χ3v) is 5.35. The number of likely N-dealkylation sites (tertiary alicyclic amines) is 1. The maximum absolute atomic E-state index is 12.5. The van der Waals surface area contributed by atoms with Gasteiger partial charge in [0.25, 0.3) is 5.91 Å². The number of carbonyl (C=O) groups is 2. The average Bonchev–Trinajstić information content (AvgIpc) is 2.81. The first-order valence-corrected chi connectivity index (χ1v) is 8.77. The molecule has 120 valence electrons. The van der Waals surface area contributed by atoms with Gasteiger partial charge in [0.2, 0.25) is 0 Å². The lowest BCUT2D eigenvalue weighted by molar-refractivity contribution is -0.147. The summed E-state index contributed by atoms with van der Waals surface area (Å²) >= 11 is 0. The van der Waals surface area contributed by atoms with Crippen LogP contribution in [-0.2, 0) is 14.6 Å². The molecule has 1 amide bonds. The van der Waals surface area contributed by atoms with Crippen molar-refractivity contribution >= 4 is 21.7 Å². The second-order valence-electron chi connectivity index (χ2n) is 6.09. The van der Waals surface area contributed by atoms with E-state index in [0.29, 0.717) is 18.5 Å². The highest BCUT2D eigenvalue weighted by Crippen LogP contribution is 2.31. The Balaban J connectivity index is 2.31. The van der Waals surface area contributed by atoms with Crippen LogP contribution in [0, 0.1) is 12.3 Å². The van der Waals surface area contributed by atoms with Crippen molar-refractivity contribution in [2.75, 3.05) is 19.3 Å². The minimum absolute atomic E-state index is 0.124. The second-order valence-corrected chi connectivity index (χ2v) is 8.08. The predicted octanol–water partition coefficient (Wildman–Crippen LogP) is 1.34. The van der Waals surface area contributed by atoms with Gasteiger partial charge >= 0.3 is 5.97 Å². The maximum Gasteiger partial charge on any atom is 0.311 e. The summed E-state index contributed by atoms with van der Waals surface area (Å²) < 4.78 is 23.5. The Kier molecular flexibility index (Phi) is 4.04.